The van der Waals surface area contributed by atoms with Crippen LogP contribution >= 0.6 is 0 Å². The molecule has 6 heterocycles. The Morgan fingerprint density at radius 1 is 1.06 bits per heavy atom. The molecular weight excluding hydrogens is 621 g/mol. The van der Waals surface area contributed by atoms with Crippen LogP contribution in [0.3, 0.4) is 0 Å². The Morgan fingerprint density at radius 3 is 2.30 bits per heavy atom. The van der Waals surface area contributed by atoms with Crippen molar-refractivity contribution in [1.29, 1.82) is 0 Å². The van der Waals surface area contributed by atoms with Gasteiger partial charge in [0, 0.05) is 51.4 Å². The molecule has 4 aliphatic rings. The van der Waals surface area contributed by atoms with E-state index in [4.69, 9.17) is 14.5 Å². The lowest BCUT2D eigenvalue weighted by molar-refractivity contribution is -0.137. The molecule has 4 saturated heterocycles. The number of nitrogens with one attached hydrogen (secondary N) is 1. The molecule has 2 aromatic heterocycles. The van der Waals surface area contributed by atoms with Crippen LogP contribution in [0, 0.1) is 6.92 Å². The lowest BCUT2D eigenvalue weighted by Gasteiger charge is -2.46. The summed E-state index contributed by atoms with van der Waals surface area (Å²) in [5.41, 5.74) is -0.445. The Morgan fingerprint density at radius 2 is 1.72 bits per heavy atom. The SMILES string of the molecule is CCc1c(N2CCN(C(=O)OC(C)(C)C)CC2)c(=O)n2nc(N3CC4CC(C3)O4)nc2n1CC(=O)Nc1ccc(C(F)(F)F)cc1C. The number of aryl methyl sites for hydroxylation is 1. The highest BCUT2D eigenvalue weighted by Gasteiger charge is 2.40. The number of amides is 2. The van der Waals surface area contributed by atoms with E-state index in [2.05, 4.69) is 10.4 Å². The fourth-order valence-electron chi connectivity index (χ4n) is 6.32. The first-order valence-corrected chi connectivity index (χ1v) is 15.7. The molecule has 4 aliphatic heterocycles. The van der Waals surface area contributed by atoms with Gasteiger partial charge < -0.3 is 34.1 Å². The summed E-state index contributed by atoms with van der Waals surface area (Å²) in [5, 5.41) is 7.32. The Hall–Kier alpha value is -4.34. The van der Waals surface area contributed by atoms with Gasteiger partial charge in [-0.25, -0.2) is 4.79 Å². The molecule has 0 aliphatic carbocycles. The molecule has 0 radical (unpaired) electrons. The Labute approximate surface area is 269 Å². The summed E-state index contributed by atoms with van der Waals surface area (Å²) in [6.45, 7) is 11.0. The van der Waals surface area contributed by atoms with Gasteiger partial charge in [0.25, 0.3) is 5.56 Å². The lowest BCUT2D eigenvalue weighted by atomic mass is 9.99. The second-order valence-electron chi connectivity index (χ2n) is 13.2. The smallest absolute Gasteiger partial charge is 0.416 e. The Bertz CT molecular complexity index is 1740. The Kier molecular flexibility index (Phi) is 8.34. The number of carbonyl (C=O) groups excluding carboxylic acids is 2. The number of hydrogen-bond acceptors (Lipinski definition) is 9. The van der Waals surface area contributed by atoms with Gasteiger partial charge in [-0.2, -0.15) is 22.7 Å². The molecule has 2 atom stereocenters. The normalized spacial score (nSPS) is 20.0. The quantitative estimate of drug-likeness (QED) is 0.423. The number of aromatic nitrogens is 4. The van der Waals surface area contributed by atoms with E-state index in [1.165, 1.54) is 17.5 Å². The summed E-state index contributed by atoms with van der Waals surface area (Å²) in [6, 6.07) is 3.13. The number of ether oxygens (including phenoxy) is 2. The molecule has 2 unspecified atom stereocenters. The number of carbonyl (C=O) groups is 2. The van der Waals surface area contributed by atoms with E-state index in [1.54, 1.807) is 30.2 Å². The molecule has 2 amide bonds. The average Bonchev–Trinajstić information content (AvgIpc) is 3.44. The molecule has 4 fully saturated rings. The number of hydrogen-bond donors (Lipinski definition) is 1. The predicted molar refractivity (Wildman–Crippen MR) is 167 cm³/mol. The van der Waals surface area contributed by atoms with E-state index in [1.807, 2.05) is 16.7 Å². The highest BCUT2D eigenvalue weighted by Crippen LogP contribution is 2.32. The predicted octanol–water partition coefficient (Wildman–Crippen LogP) is 3.45. The first kappa shape index (κ1) is 32.6. The topological polar surface area (TPSA) is 127 Å². The molecule has 1 aromatic carbocycles. The van der Waals surface area contributed by atoms with Crippen molar-refractivity contribution in [2.75, 3.05) is 54.4 Å². The molecule has 0 saturated carbocycles. The van der Waals surface area contributed by atoms with Crippen molar-refractivity contribution in [2.24, 2.45) is 0 Å². The van der Waals surface area contributed by atoms with Crippen LogP contribution in [-0.2, 0) is 33.4 Å². The van der Waals surface area contributed by atoms with Gasteiger partial charge in [0.15, 0.2) is 0 Å². The molecule has 47 heavy (non-hydrogen) atoms. The third kappa shape index (κ3) is 6.60. The van der Waals surface area contributed by atoms with E-state index < -0.39 is 34.9 Å². The van der Waals surface area contributed by atoms with Crippen LogP contribution in [0.1, 0.15) is 50.9 Å². The molecule has 7 rings (SSSR count). The van der Waals surface area contributed by atoms with Crippen molar-refractivity contribution in [3.05, 3.63) is 45.4 Å². The van der Waals surface area contributed by atoms with Crippen LogP contribution in [0.25, 0.3) is 5.78 Å². The largest absolute Gasteiger partial charge is 0.444 e. The van der Waals surface area contributed by atoms with Crippen LogP contribution < -0.4 is 20.7 Å². The number of piperidine rings is 1. The fourth-order valence-corrected chi connectivity index (χ4v) is 6.32. The van der Waals surface area contributed by atoms with Crippen LogP contribution in [0.5, 0.6) is 0 Å². The van der Waals surface area contributed by atoms with Crippen molar-refractivity contribution in [3.8, 4) is 0 Å². The van der Waals surface area contributed by atoms with Crippen molar-refractivity contribution in [1.82, 2.24) is 24.1 Å². The van der Waals surface area contributed by atoms with Gasteiger partial charge >= 0.3 is 12.3 Å². The molecule has 16 heteroatoms. The van der Waals surface area contributed by atoms with Gasteiger partial charge in [-0.3, -0.25) is 9.59 Å². The van der Waals surface area contributed by atoms with E-state index in [9.17, 15) is 27.6 Å². The van der Waals surface area contributed by atoms with Gasteiger partial charge in [0.2, 0.25) is 17.6 Å². The van der Waals surface area contributed by atoms with Crippen LogP contribution in [-0.4, -0.2) is 93.1 Å². The van der Waals surface area contributed by atoms with Gasteiger partial charge in [-0.15, -0.1) is 5.10 Å². The zero-order valence-corrected chi connectivity index (χ0v) is 27.1. The number of nitrogens with zero attached hydrogens (tertiary/aromatic N) is 7. The van der Waals surface area contributed by atoms with Gasteiger partial charge in [-0.1, -0.05) is 6.92 Å². The summed E-state index contributed by atoms with van der Waals surface area (Å²) < 4.78 is 53.8. The summed E-state index contributed by atoms with van der Waals surface area (Å²) in [6.07, 6.45) is -3.48. The highest BCUT2D eigenvalue weighted by atomic mass is 19.4. The number of alkyl halides is 3. The summed E-state index contributed by atoms with van der Waals surface area (Å²) in [5.74, 6) is 0.0187. The zero-order valence-electron chi connectivity index (χ0n) is 27.1. The number of halogens is 3. The van der Waals surface area contributed by atoms with Crippen molar-refractivity contribution in [3.63, 3.8) is 0 Å². The third-order valence-electron chi connectivity index (χ3n) is 8.57. The fraction of sp³-hybridized carbons (Fsp3) is 0.581. The maximum atomic E-state index is 14.1. The van der Waals surface area contributed by atoms with Crippen molar-refractivity contribution < 1.29 is 32.2 Å². The minimum absolute atomic E-state index is 0.0694. The minimum Gasteiger partial charge on any atom is -0.444 e. The summed E-state index contributed by atoms with van der Waals surface area (Å²) in [7, 11) is 0. The van der Waals surface area contributed by atoms with E-state index >= 15 is 0 Å². The van der Waals surface area contributed by atoms with Crippen LogP contribution in [0.4, 0.5) is 35.3 Å². The van der Waals surface area contributed by atoms with Crippen molar-refractivity contribution >= 4 is 35.1 Å². The second kappa shape index (κ2) is 12.0. The number of rotatable bonds is 6. The zero-order chi connectivity index (χ0) is 33.8. The number of piperazine rings is 1. The first-order valence-electron chi connectivity index (χ1n) is 15.7. The maximum absolute atomic E-state index is 14.1. The average molecular weight is 661 g/mol. The number of benzene rings is 1. The third-order valence-corrected chi connectivity index (χ3v) is 8.57. The van der Waals surface area contributed by atoms with Crippen LogP contribution in [0.2, 0.25) is 0 Å². The highest BCUT2D eigenvalue weighted by molar-refractivity contribution is 5.91. The van der Waals surface area contributed by atoms with Gasteiger partial charge in [-0.05, 0) is 57.9 Å². The number of anilines is 3. The molecule has 13 nitrogen and oxygen atoms in total. The summed E-state index contributed by atoms with van der Waals surface area (Å²) in [4.78, 5) is 50.5. The van der Waals surface area contributed by atoms with E-state index in [-0.39, 0.29) is 35.8 Å². The minimum atomic E-state index is -4.51. The Balaban J connectivity index is 1.34. The molecule has 2 bridgehead atoms. The molecule has 3 aromatic rings. The number of morpholine rings is 1. The molecular formula is C31H39F3N8O5. The molecule has 1 N–H and O–H groups in total. The van der Waals surface area contributed by atoms with Gasteiger partial charge in [0.1, 0.15) is 17.8 Å². The first-order chi connectivity index (χ1) is 22.1. The molecule has 0 spiro atoms. The van der Waals surface area contributed by atoms with E-state index in [0.717, 1.165) is 18.6 Å². The maximum Gasteiger partial charge on any atom is 0.416 e. The molecule has 254 valence electrons. The second-order valence-corrected chi connectivity index (χ2v) is 13.2. The summed E-state index contributed by atoms with van der Waals surface area (Å²) >= 11 is 0. The monoisotopic (exact) mass is 660 g/mol. The van der Waals surface area contributed by atoms with Gasteiger partial charge in [0.05, 0.1) is 23.5 Å². The number of fused-ring (bicyclic) bond motifs is 3. The van der Waals surface area contributed by atoms with E-state index in [0.29, 0.717) is 63.0 Å². The standard InChI is InChI=1S/C31H39F3N8O5/c1-6-23-25(38-9-11-39(12-10-38)29(45)47-30(3,4)5)26(44)42-28(36-27(37-42)40-15-20-14-21(16-40)46-20)41(23)17-24(43)35-22-8-7-19(13-18(22)2)31(32,33)34/h7-8,13,20-21H,6,9-12,14-17H2,1-5H3,(H,35,43). The lowest BCUT2D eigenvalue weighted by Crippen LogP contribution is -2.57. The van der Waals surface area contributed by atoms with Crippen molar-refractivity contribution in [2.45, 2.75) is 78.0 Å². The van der Waals surface area contributed by atoms with Crippen LogP contribution in [0.15, 0.2) is 23.0 Å².